The number of benzene rings is 1. The summed E-state index contributed by atoms with van der Waals surface area (Å²) in [6.45, 7) is 0.824. The summed E-state index contributed by atoms with van der Waals surface area (Å²) < 4.78 is 0. The highest BCUT2D eigenvalue weighted by atomic mass is 14.8. The van der Waals surface area contributed by atoms with Gasteiger partial charge < -0.3 is 5.32 Å². The minimum atomic E-state index is 0.824. The highest BCUT2D eigenvalue weighted by Crippen LogP contribution is 2.11. The summed E-state index contributed by atoms with van der Waals surface area (Å²) in [6.07, 6.45) is 0. The molecule has 0 spiro atoms. The smallest absolute Gasteiger partial charge is 0.0705 e. The monoisotopic (exact) mass is 172 g/mol. The SMILES string of the molecule is CNCc1ccc2ccccc2n1. The molecule has 0 fully saturated rings. The van der Waals surface area contributed by atoms with Crippen molar-refractivity contribution in [1.29, 1.82) is 0 Å². The second kappa shape index (κ2) is 3.54. The van der Waals surface area contributed by atoms with Crippen molar-refractivity contribution in [1.82, 2.24) is 10.3 Å². The summed E-state index contributed by atoms with van der Waals surface area (Å²) in [4.78, 5) is 4.50. The van der Waals surface area contributed by atoms with Crippen molar-refractivity contribution in [2.45, 2.75) is 6.54 Å². The minimum Gasteiger partial charge on any atom is -0.314 e. The molecule has 0 bridgehead atoms. The van der Waals surface area contributed by atoms with E-state index in [4.69, 9.17) is 0 Å². The molecule has 0 radical (unpaired) electrons. The Balaban J connectivity index is 2.49. The summed E-state index contributed by atoms with van der Waals surface area (Å²) in [7, 11) is 1.93. The fourth-order valence-electron chi connectivity index (χ4n) is 1.39. The number of nitrogens with one attached hydrogen (secondary N) is 1. The van der Waals surface area contributed by atoms with Crippen molar-refractivity contribution in [3.63, 3.8) is 0 Å². The summed E-state index contributed by atoms with van der Waals surface area (Å²) in [5.41, 5.74) is 2.15. The largest absolute Gasteiger partial charge is 0.314 e. The quantitative estimate of drug-likeness (QED) is 0.749. The molecule has 1 heterocycles. The van der Waals surface area contributed by atoms with Crippen LogP contribution in [0, 0.1) is 0 Å². The number of hydrogen-bond donors (Lipinski definition) is 1. The average Bonchev–Trinajstić information content (AvgIpc) is 2.18. The van der Waals surface area contributed by atoms with E-state index >= 15 is 0 Å². The topological polar surface area (TPSA) is 24.9 Å². The molecule has 0 atom stereocenters. The van der Waals surface area contributed by atoms with E-state index in [-0.39, 0.29) is 0 Å². The van der Waals surface area contributed by atoms with Crippen molar-refractivity contribution in [2.24, 2.45) is 0 Å². The van der Waals surface area contributed by atoms with Gasteiger partial charge in [0.25, 0.3) is 0 Å². The van der Waals surface area contributed by atoms with Gasteiger partial charge in [0.15, 0.2) is 0 Å². The summed E-state index contributed by atoms with van der Waals surface area (Å²) >= 11 is 0. The molecular weight excluding hydrogens is 160 g/mol. The molecule has 2 nitrogen and oxygen atoms in total. The zero-order valence-corrected chi connectivity index (χ0v) is 7.62. The molecule has 2 rings (SSSR count). The molecule has 0 unspecified atom stereocenters. The van der Waals surface area contributed by atoms with Crippen LogP contribution in [0.25, 0.3) is 10.9 Å². The van der Waals surface area contributed by atoms with E-state index in [0.29, 0.717) is 0 Å². The van der Waals surface area contributed by atoms with E-state index in [0.717, 1.165) is 17.8 Å². The number of fused-ring (bicyclic) bond motifs is 1. The third-order valence-electron chi connectivity index (χ3n) is 2.01. The second-order valence-electron chi connectivity index (χ2n) is 3.03. The lowest BCUT2D eigenvalue weighted by atomic mass is 10.2. The standard InChI is InChI=1S/C11H12N2/c1-12-8-10-7-6-9-4-2-3-5-11(9)13-10/h2-7,12H,8H2,1H3. The van der Waals surface area contributed by atoms with Gasteiger partial charge in [-0.25, -0.2) is 0 Å². The fourth-order valence-corrected chi connectivity index (χ4v) is 1.39. The van der Waals surface area contributed by atoms with Gasteiger partial charge in [-0.1, -0.05) is 24.3 Å². The first-order valence-electron chi connectivity index (χ1n) is 4.39. The van der Waals surface area contributed by atoms with E-state index in [9.17, 15) is 0 Å². The molecule has 1 N–H and O–H groups in total. The Kier molecular flexibility index (Phi) is 2.23. The van der Waals surface area contributed by atoms with Crippen molar-refractivity contribution in [2.75, 3.05) is 7.05 Å². The van der Waals surface area contributed by atoms with Crippen LogP contribution in [0.3, 0.4) is 0 Å². The van der Waals surface area contributed by atoms with Gasteiger partial charge in [0.05, 0.1) is 11.2 Å². The van der Waals surface area contributed by atoms with Crippen LogP contribution in [0.4, 0.5) is 0 Å². The Morgan fingerprint density at radius 1 is 1.15 bits per heavy atom. The van der Waals surface area contributed by atoms with Crippen LogP contribution < -0.4 is 5.32 Å². The third-order valence-corrected chi connectivity index (χ3v) is 2.01. The summed E-state index contributed by atoms with van der Waals surface area (Å²) in [5, 5.41) is 4.28. The normalized spacial score (nSPS) is 10.5. The molecular formula is C11H12N2. The maximum atomic E-state index is 4.50. The predicted molar refractivity (Wildman–Crippen MR) is 54.5 cm³/mol. The van der Waals surface area contributed by atoms with Gasteiger partial charge in [-0.15, -0.1) is 0 Å². The molecule has 0 saturated heterocycles. The summed E-state index contributed by atoms with van der Waals surface area (Å²) in [6, 6.07) is 12.3. The molecule has 2 heteroatoms. The van der Waals surface area contributed by atoms with Gasteiger partial charge >= 0.3 is 0 Å². The Morgan fingerprint density at radius 2 is 2.00 bits per heavy atom. The van der Waals surface area contributed by atoms with E-state index in [1.807, 2.05) is 25.2 Å². The maximum Gasteiger partial charge on any atom is 0.0705 e. The van der Waals surface area contributed by atoms with Crippen molar-refractivity contribution >= 4 is 10.9 Å². The van der Waals surface area contributed by atoms with Crippen molar-refractivity contribution in [3.8, 4) is 0 Å². The number of aromatic nitrogens is 1. The Labute approximate surface area is 77.6 Å². The van der Waals surface area contributed by atoms with Crippen LogP contribution in [0.2, 0.25) is 0 Å². The summed E-state index contributed by atoms with van der Waals surface area (Å²) in [5.74, 6) is 0. The molecule has 0 aliphatic carbocycles. The zero-order valence-electron chi connectivity index (χ0n) is 7.62. The molecule has 2 aromatic rings. The van der Waals surface area contributed by atoms with E-state index in [1.54, 1.807) is 0 Å². The van der Waals surface area contributed by atoms with Crippen LogP contribution in [-0.2, 0) is 6.54 Å². The van der Waals surface area contributed by atoms with E-state index < -0.39 is 0 Å². The molecule has 0 aliphatic heterocycles. The number of hydrogen-bond acceptors (Lipinski definition) is 2. The van der Waals surface area contributed by atoms with Crippen LogP contribution >= 0.6 is 0 Å². The number of nitrogens with zero attached hydrogens (tertiary/aromatic N) is 1. The van der Waals surface area contributed by atoms with Gasteiger partial charge in [0.2, 0.25) is 0 Å². The highest BCUT2D eigenvalue weighted by Gasteiger charge is 1.95. The van der Waals surface area contributed by atoms with Gasteiger partial charge in [0, 0.05) is 11.9 Å². The molecule has 1 aromatic heterocycles. The van der Waals surface area contributed by atoms with E-state index in [2.05, 4.69) is 28.5 Å². The fraction of sp³-hybridized carbons (Fsp3) is 0.182. The van der Waals surface area contributed by atoms with Crippen molar-refractivity contribution < 1.29 is 0 Å². The van der Waals surface area contributed by atoms with Gasteiger partial charge in [-0.2, -0.15) is 0 Å². The lowest BCUT2D eigenvalue weighted by molar-refractivity contribution is 0.795. The highest BCUT2D eigenvalue weighted by molar-refractivity contribution is 5.78. The van der Waals surface area contributed by atoms with Crippen LogP contribution in [0.5, 0.6) is 0 Å². The van der Waals surface area contributed by atoms with E-state index in [1.165, 1.54) is 5.39 Å². The lowest BCUT2D eigenvalue weighted by Gasteiger charge is -2.01. The van der Waals surface area contributed by atoms with Gasteiger partial charge in [-0.05, 0) is 19.2 Å². The van der Waals surface area contributed by atoms with Crippen molar-refractivity contribution in [3.05, 3.63) is 42.1 Å². The maximum absolute atomic E-state index is 4.50. The molecule has 1 aromatic carbocycles. The lowest BCUT2D eigenvalue weighted by Crippen LogP contribution is -2.06. The average molecular weight is 172 g/mol. The Hall–Kier alpha value is -1.41. The first-order valence-corrected chi connectivity index (χ1v) is 4.39. The van der Waals surface area contributed by atoms with Crippen LogP contribution in [0.1, 0.15) is 5.69 Å². The zero-order chi connectivity index (χ0) is 9.10. The predicted octanol–water partition coefficient (Wildman–Crippen LogP) is 1.95. The number of pyridine rings is 1. The third kappa shape index (κ3) is 1.68. The van der Waals surface area contributed by atoms with Crippen LogP contribution in [-0.4, -0.2) is 12.0 Å². The Morgan fingerprint density at radius 3 is 2.85 bits per heavy atom. The molecule has 13 heavy (non-hydrogen) atoms. The van der Waals surface area contributed by atoms with Crippen LogP contribution in [0.15, 0.2) is 36.4 Å². The number of rotatable bonds is 2. The Bertz CT molecular complexity index is 410. The first-order chi connectivity index (χ1) is 6.40. The molecule has 0 amide bonds. The van der Waals surface area contributed by atoms with Gasteiger partial charge in [-0.3, -0.25) is 4.98 Å². The number of para-hydroxylation sites is 1. The molecule has 66 valence electrons. The second-order valence-corrected chi connectivity index (χ2v) is 3.03. The first kappa shape index (κ1) is 8.20. The molecule has 0 aliphatic rings. The molecule has 0 saturated carbocycles. The minimum absolute atomic E-state index is 0.824. The van der Waals surface area contributed by atoms with Gasteiger partial charge in [0.1, 0.15) is 0 Å².